The number of hydrogen-bond acceptors (Lipinski definition) is 4. The van der Waals surface area contributed by atoms with Crippen molar-refractivity contribution < 1.29 is 4.79 Å². The lowest BCUT2D eigenvalue weighted by atomic mass is 10.1. The second kappa shape index (κ2) is 13.6. The van der Waals surface area contributed by atoms with Gasteiger partial charge >= 0.3 is 0 Å². The third-order valence-corrected chi connectivity index (χ3v) is 5.72. The van der Waals surface area contributed by atoms with Gasteiger partial charge < -0.3 is 25.3 Å². The van der Waals surface area contributed by atoms with E-state index in [1.165, 1.54) is 26.2 Å². The summed E-state index contributed by atoms with van der Waals surface area (Å²) in [6.45, 7) is 20.8. The molecule has 0 bridgehead atoms. The van der Waals surface area contributed by atoms with Gasteiger partial charge in [0, 0.05) is 70.9 Å². The van der Waals surface area contributed by atoms with Gasteiger partial charge in [-0.25, -0.2) is 0 Å². The molecule has 0 aliphatic carbocycles. The Hall–Kier alpha value is -0.610. The van der Waals surface area contributed by atoms with Gasteiger partial charge in [0.15, 0.2) is 5.96 Å². The van der Waals surface area contributed by atoms with Gasteiger partial charge in [0.05, 0.1) is 0 Å². The molecule has 0 spiro atoms. The van der Waals surface area contributed by atoms with Crippen molar-refractivity contribution in [2.45, 2.75) is 47.1 Å². The topological polar surface area (TPSA) is 63.2 Å². The number of piperazine rings is 1. The Morgan fingerprint density at radius 3 is 2.31 bits per heavy atom. The zero-order valence-electron chi connectivity index (χ0n) is 19.1. The number of likely N-dealkylation sites (tertiary alicyclic amines) is 1. The van der Waals surface area contributed by atoms with E-state index in [1.54, 1.807) is 0 Å². The Balaban J connectivity index is 0.00000420. The number of aliphatic imine (C=N–C) groups is 1. The fourth-order valence-electron chi connectivity index (χ4n) is 3.99. The smallest absolute Gasteiger partial charge is 0.225 e. The lowest BCUT2D eigenvalue weighted by molar-refractivity contribution is -0.133. The molecule has 2 unspecified atom stereocenters. The van der Waals surface area contributed by atoms with Crippen LogP contribution in [0, 0.1) is 11.8 Å². The second-order valence-electron chi connectivity index (χ2n) is 8.63. The van der Waals surface area contributed by atoms with Gasteiger partial charge in [-0.2, -0.15) is 0 Å². The quantitative estimate of drug-likeness (QED) is 0.289. The third kappa shape index (κ3) is 8.96. The third-order valence-electron chi connectivity index (χ3n) is 5.72. The summed E-state index contributed by atoms with van der Waals surface area (Å²) in [5.74, 6) is 1.74. The molecule has 0 aromatic rings. The first kappa shape index (κ1) is 26.4. The van der Waals surface area contributed by atoms with E-state index >= 15 is 0 Å². The van der Waals surface area contributed by atoms with Crippen LogP contribution in [-0.2, 0) is 4.79 Å². The minimum absolute atomic E-state index is 0. The molecule has 2 aliphatic heterocycles. The molecule has 2 N–H and O–H groups in total. The molecule has 2 saturated heterocycles. The summed E-state index contributed by atoms with van der Waals surface area (Å²) in [5.41, 5.74) is 0. The van der Waals surface area contributed by atoms with Crippen LogP contribution in [0.4, 0.5) is 0 Å². The number of guanidine groups is 1. The summed E-state index contributed by atoms with van der Waals surface area (Å²) in [5, 5.41) is 6.90. The van der Waals surface area contributed by atoms with E-state index in [9.17, 15) is 4.79 Å². The van der Waals surface area contributed by atoms with E-state index in [-0.39, 0.29) is 41.8 Å². The van der Waals surface area contributed by atoms with Crippen LogP contribution in [0.25, 0.3) is 0 Å². The van der Waals surface area contributed by atoms with E-state index in [2.05, 4.69) is 41.2 Å². The van der Waals surface area contributed by atoms with Crippen LogP contribution in [0.2, 0.25) is 0 Å². The van der Waals surface area contributed by atoms with Crippen molar-refractivity contribution in [1.29, 1.82) is 0 Å². The first-order valence-corrected chi connectivity index (χ1v) is 11.2. The minimum Gasteiger partial charge on any atom is -0.357 e. The van der Waals surface area contributed by atoms with Crippen molar-refractivity contribution in [3.8, 4) is 0 Å². The van der Waals surface area contributed by atoms with Gasteiger partial charge in [0.25, 0.3) is 0 Å². The fourth-order valence-corrected chi connectivity index (χ4v) is 3.99. The fraction of sp³-hybridized carbons (Fsp3) is 0.905. The largest absolute Gasteiger partial charge is 0.357 e. The molecule has 2 aliphatic rings. The average Bonchev–Trinajstić information content (AvgIpc) is 3.14. The molecule has 2 atom stereocenters. The normalized spacial score (nSPS) is 22.5. The van der Waals surface area contributed by atoms with Crippen LogP contribution in [0.3, 0.4) is 0 Å². The highest BCUT2D eigenvalue weighted by atomic mass is 127. The van der Waals surface area contributed by atoms with Crippen molar-refractivity contribution in [2.24, 2.45) is 16.8 Å². The van der Waals surface area contributed by atoms with Crippen LogP contribution in [0.1, 0.15) is 41.0 Å². The van der Waals surface area contributed by atoms with Crippen LogP contribution in [0.15, 0.2) is 4.99 Å². The summed E-state index contributed by atoms with van der Waals surface area (Å²) in [6, 6.07) is 0.290. The molecule has 29 heavy (non-hydrogen) atoms. The van der Waals surface area contributed by atoms with E-state index in [4.69, 9.17) is 4.99 Å². The van der Waals surface area contributed by atoms with Crippen molar-refractivity contribution >= 4 is 35.8 Å². The van der Waals surface area contributed by atoms with Gasteiger partial charge in [0.1, 0.15) is 0 Å². The number of hydrogen-bond donors (Lipinski definition) is 2. The number of nitrogens with one attached hydrogen (secondary N) is 2. The molecule has 0 aromatic heterocycles. The maximum Gasteiger partial charge on any atom is 0.225 e. The second-order valence-corrected chi connectivity index (χ2v) is 8.63. The Kier molecular flexibility index (Phi) is 12.4. The predicted molar refractivity (Wildman–Crippen MR) is 132 cm³/mol. The molecule has 8 heteroatoms. The molecule has 2 heterocycles. The van der Waals surface area contributed by atoms with Gasteiger partial charge in [-0.1, -0.05) is 27.7 Å². The Morgan fingerprint density at radius 1 is 1.07 bits per heavy atom. The van der Waals surface area contributed by atoms with Gasteiger partial charge in [-0.05, 0) is 25.8 Å². The van der Waals surface area contributed by atoms with E-state index in [1.807, 2.05) is 18.7 Å². The molecular formula is C21H43IN6O. The molecule has 0 radical (unpaired) electrons. The SMILES string of the molecule is CCNC(=NCC(C)CN1CCN(CC)CC1)NC1CCN(C(=O)C(C)C)C1.I. The molecule has 0 saturated carbocycles. The predicted octanol–water partition coefficient (Wildman–Crippen LogP) is 1.69. The number of likely N-dealkylation sites (N-methyl/N-ethyl adjacent to an activating group) is 1. The van der Waals surface area contributed by atoms with Crippen LogP contribution < -0.4 is 10.6 Å². The van der Waals surface area contributed by atoms with Gasteiger partial charge in [-0.3, -0.25) is 9.79 Å². The maximum absolute atomic E-state index is 12.2. The van der Waals surface area contributed by atoms with Crippen molar-refractivity contribution in [3.05, 3.63) is 0 Å². The molecule has 170 valence electrons. The summed E-state index contributed by atoms with van der Waals surface area (Å²) in [6.07, 6.45) is 0.986. The van der Waals surface area contributed by atoms with Gasteiger partial charge in [0.2, 0.25) is 5.91 Å². The monoisotopic (exact) mass is 522 g/mol. The minimum atomic E-state index is 0. The molecule has 2 fully saturated rings. The highest BCUT2D eigenvalue weighted by Crippen LogP contribution is 2.13. The Morgan fingerprint density at radius 2 is 1.72 bits per heavy atom. The van der Waals surface area contributed by atoms with Crippen LogP contribution in [-0.4, -0.2) is 98.1 Å². The number of nitrogens with zero attached hydrogens (tertiary/aromatic N) is 4. The van der Waals surface area contributed by atoms with Crippen molar-refractivity contribution in [2.75, 3.05) is 65.4 Å². The Labute approximate surface area is 195 Å². The number of halogens is 1. The number of carbonyl (C=O) groups is 1. The molecule has 0 aromatic carbocycles. The Bertz CT molecular complexity index is 507. The molecule has 1 amide bonds. The first-order chi connectivity index (χ1) is 13.4. The van der Waals surface area contributed by atoms with Crippen molar-refractivity contribution in [1.82, 2.24) is 25.3 Å². The molecular weight excluding hydrogens is 479 g/mol. The summed E-state index contributed by atoms with van der Waals surface area (Å²) < 4.78 is 0. The lowest BCUT2D eigenvalue weighted by Crippen LogP contribution is -2.48. The van der Waals surface area contributed by atoms with Crippen LogP contribution >= 0.6 is 24.0 Å². The summed E-state index contributed by atoms with van der Waals surface area (Å²) in [4.78, 5) is 24.1. The average molecular weight is 523 g/mol. The first-order valence-electron chi connectivity index (χ1n) is 11.2. The van der Waals surface area contributed by atoms with E-state index in [0.717, 1.165) is 51.6 Å². The molecule has 2 rings (SSSR count). The maximum atomic E-state index is 12.2. The lowest BCUT2D eigenvalue weighted by Gasteiger charge is -2.35. The number of amides is 1. The number of rotatable bonds is 8. The zero-order chi connectivity index (χ0) is 20.5. The summed E-state index contributed by atoms with van der Waals surface area (Å²) in [7, 11) is 0. The zero-order valence-corrected chi connectivity index (χ0v) is 21.4. The van der Waals surface area contributed by atoms with E-state index < -0.39 is 0 Å². The van der Waals surface area contributed by atoms with Crippen LogP contribution in [0.5, 0.6) is 0 Å². The highest BCUT2D eigenvalue weighted by Gasteiger charge is 2.28. The number of carbonyl (C=O) groups excluding carboxylic acids is 1. The highest BCUT2D eigenvalue weighted by molar-refractivity contribution is 14.0. The van der Waals surface area contributed by atoms with Gasteiger partial charge in [-0.15, -0.1) is 24.0 Å². The van der Waals surface area contributed by atoms with E-state index in [0.29, 0.717) is 5.92 Å². The molecule has 7 nitrogen and oxygen atoms in total. The standard InChI is InChI=1S/C21H42N6O.HI/c1-6-22-21(24-19-8-9-27(16-19)20(28)17(3)4)23-14-18(5)15-26-12-10-25(7-2)11-13-26;/h17-19H,6-16H2,1-5H3,(H2,22,23,24);1H. The van der Waals surface area contributed by atoms with Crippen molar-refractivity contribution in [3.63, 3.8) is 0 Å². The summed E-state index contributed by atoms with van der Waals surface area (Å²) >= 11 is 0.